The molecule has 1 unspecified atom stereocenters. The number of thiophene rings is 1. The second kappa shape index (κ2) is 11.7. The van der Waals surface area contributed by atoms with Gasteiger partial charge in [-0.3, -0.25) is 9.69 Å². The second-order valence-electron chi connectivity index (χ2n) is 7.66. The number of nitrogens with zero attached hydrogens (tertiary/aromatic N) is 1. The number of para-hydroxylation sites is 1. The lowest BCUT2D eigenvalue weighted by molar-refractivity contribution is -0.147. The Morgan fingerprint density at radius 2 is 1.77 bits per heavy atom. The molecule has 0 spiro atoms. The lowest BCUT2D eigenvalue weighted by atomic mass is 10.0. The van der Waals surface area contributed by atoms with Gasteiger partial charge >= 0.3 is 17.9 Å². The van der Waals surface area contributed by atoms with Crippen LogP contribution in [-0.4, -0.2) is 36.5 Å². The molecule has 2 aromatic carbocycles. The highest BCUT2D eigenvalue weighted by Gasteiger charge is 2.33. The van der Waals surface area contributed by atoms with Crippen molar-refractivity contribution in [3.8, 4) is 10.8 Å². The first-order valence-corrected chi connectivity index (χ1v) is 11.7. The Labute approximate surface area is 218 Å². The minimum atomic E-state index is -0.645. The van der Waals surface area contributed by atoms with Crippen LogP contribution in [0.25, 0.3) is 0 Å². The highest BCUT2D eigenvalue weighted by molar-refractivity contribution is 7.14. The summed E-state index contributed by atoms with van der Waals surface area (Å²) in [7, 11) is 1.36. The Hall–Kier alpha value is -2.91. The molecule has 1 aliphatic heterocycles. The Bertz CT molecular complexity index is 1240. The van der Waals surface area contributed by atoms with E-state index in [0.29, 0.717) is 35.2 Å². The monoisotopic (exact) mass is 535 g/mol. The summed E-state index contributed by atoms with van der Waals surface area (Å²) in [5.41, 5.74) is 1.81. The zero-order chi connectivity index (χ0) is 24.2. The van der Waals surface area contributed by atoms with Gasteiger partial charge in [0.15, 0.2) is 5.06 Å². The van der Waals surface area contributed by atoms with Crippen molar-refractivity contribution < 1.29 is 28.6 Å². The molecule has 7 nitrogen and oxygen atoms in total. The first-order valence-electron chi connectivity index (χ1n) is 10.5. The van der Waals surface area contributed by atoms with E-state index in [2.05, 4.69) is 0 Å². The van der Waals surface area contributed by atoms with E-state index in [9.17, 15) is 14.4 Å². The molecule has 0 radical (unpaired) electrons. The molecule has 35 heavy (non-hydrogen) atoms. The number of carbonyl (C=O) groups excluding carboxylic acids is 3. The average molecular weight is 536 g/mol. The maximum atomic E-state index is 12.8. The number of benzene rings is 2. The Kier molecular flexibility index (Phi) is 8.91. The fraction of sp³-hybridized carbons (Fsp3) is 0.240. The highest BCUT2D eigenvalue weighted by atomic mass is 35.5. The summed E-state index contributed by atoms with van der Waals surface area (Å²) in [5, 5.41) is 0.928. The number of rotatable bonds is 6. The van der Waals surface area contributed by atoms with Gasteiger partial charge in [0.25, 0.3) is 0 Å². The normalized spacial score (nSPS) is 13.7. The number of hydrogen-bond donors (Lipinski definition) is 0. The first kappa shape index (κ1) is 26.7. The summed E-state index contributed by atoms with van der Waals surface area (Å²) in [6, 6.07) is 14.8. The molecule has 4 rings (SSSR count). The van der Waals surface area contributed by atoms with Crippen molar-refractivity contribution >= 4 is 53.3 Å². The summed E-state index contributed by atoms with van der Waals surface area (Å²) < 4.78 is 15.8. The van der Waals surface area contributed by atoms with Gasteiger partial charge in [0.1, 0.15) is 17.4 Å². The van der Waals surface area contributed by atoms with E-state index < -0.39 is 18.0 Å². The summed E-state index contributed by atoms with van der Waals surface area (Å²) in [6.45, 7) is 2.35. The number of methoxy groups -OCH3 is 1. The molecule has 2 heterocycles. The third kappa shape index (κ3) is 6.02. The molecule has 3 aromatic rings. The van der Waals surface area contributed by atoms with Crippen LogP contribution in [0.2, 0.25) is 5.02 Å². The van der Waals surface area contributed by atoms with Gasteiger partial charge in [0, 0.05) is 29.9 Å². The van der Waals surface area contributed by atoms with Crippen LogP contribution in [0.4, 0.5) is 0 Å². The van der Waals surface area contributed by atoms with Crippen molar-refractivity contribution in [2.45, 2.75) is 25.9 Å². The Morgan fingerprint density at radius 1 is 1.06 bits per heavy atom. The molecular formula is C25H23Cl2NO6S. The van der Waals surface area contributed by atoms with Gasteiger partial charge in [0.05, 0.1) is 7.11 Å². The van der Waals surface area contributed by atoms with Crippen LogP contribution in [0.5, 0.6) is 10.8 Å². The molecule has 10 heteroatoms. The molecule has 0 N–H and O–H groups in total. The SMILES string of the molecule is COC(=O)C(c1ccccc1Cl)N1CCc2sc(OC(=O)c3ccccc3OC(C)=O)cc2C1.Cl. The van der Waals surface area contributed by atoms with Crippen molar-refractivity contribution in [3.63, 3.8) is 0 Å². The number of fused-ring (bicyclic) bond motifs is 1. The van der Waals surface area contributed by atoms with Crippen molar-refractivity contribution in [3.05, 3.63) is 81.2 Å². The van der Waals surface area contributed by atoms with Crippen molar-refractivity contribution in [1.82, 2.24) is 4.90 Å². The van der Waals surface area contributed by atoms with Crippen LogP contribution in [0.1, 0.15) is 39.3 Å². The van der Waals surface area contributed by atoms with E-state index in [1.807, 2.05) is 23.1 Å². The Morgan fingerprint density at radius 3 is 2.49 bits per heavy atom. The van der Waals surface area contributed by atoms with E-state index in [-0.39, 0.29) is 29.7 Å². The summed E-state index contributed by atoms with van der Waals surface area (Å²) in [5.74, 6) is -1.38. The fourth-order valence-corrected chi connectivity index (χ4v) is 5.15. The van der Waals surface area contributed by atoms with E-state index >= 15 is 0 Å². The molecule has 0 saturated heterocycles. The molecule has 0 aliphatic carbocycles. The highest BCUT2D eigenvalue weighted by Crippen LogP contribution is 2.38. The number of hydrogen-bond acceptors (Lipinski definition) is 8. The summed E-state index contributed by atoms with van der Waals surface area (Å²) in [4.78, 5) is 39.8. The van der Waals surface area contributed by atoms with E-state index in [0.717, 1.165) is 10.4 Å². The lowest BCUT2D eigenvalue weighted by Gasteiger charge is -2.33. The van der Waals surface area contributed by atoms with Crippen LogP contribution < -0.4 is 9.47 Å². The van der Waals surface area contributed by atoms with E-state index in [1.54, 1.807) is 30.3 Å². The van der Waals surface area contributed by atoms with Crippen LogP contribution >= 0.6 is 35.3 Å². The lowest BCUT2D eigenvalue weighted by Crippen LogP contribution is -2.38. The molecule has 1 aromatic heterocycles. The van der Waals surface area contributed by atoms with Crippen molar-refractivity contribution in [1.29, 1.82) is 0 Å². The van der Waals surface area contributed by atoms with E-state index in [4.69, 9.17) is 25.8 Å². The molecule has 0 bridgehead atoms. The third-order valence-corrected chi connectivity index (χ3v) is 6.88. The predicted octanol–water partition coefficient (Wildman–Crippen LogP) is 5.24. The molecule has 1 aliphatic rings. The first-order chi connectivity index (χ1) is 16.4. The molecule has 0 amide bonds. The van der Waals surface area contributed by atoms with Gasteiger partial charge in [0.2, 0.25) is 0 Å². The van der Waals surface area contributed by atoms with Crippen molar-refractivity contribution in [2.75, 3.05) is 13.7 Å². The van der Waals surface area contributed by atoms with Gasteiger partial charge < -0.3 is 14.2 Å². The quantitative estimate of drug-likeness (QED) is 0.315. The number of carbonyl (C=O) groups is 3. The van der Waals surface area contributed by atoms with Gasteiger partial charge in [-0.15, -0.1) is 23.7 Å². The molecule has 1 atom stereocenters. The number of ether oxygens (including phenoxy) is 3. The fourth-order valence-electron chi connectivity index (χ4n) is 3.90. The average Bonchev–Trinajstić information content (AvgIpc) is 3.21. The van der Waals surface area contributed by atoms with Gasteiger partial charge in [-0.25, -0.2) is 9.59 Å². The largest absolute Gasteiger partial charge is 0.468 e. The summed E-state index contributed by atoms with van der Waals surface area (Å²) >= 11 is 7.77. The van der Waals surface area contributed by atoms with E-state index in [1.165, 1.54) is 31.4 Å². The minimum Gasteiger partial charge on any atom is -0.468 e. The van der Waals surface area contributed by atoms with Crippen LogP contribution in [0.15, 0.2) is 54.6 Å². The summed E-state index contributed by atoms with van der Waals surface area (Å²) in [6.07, 6.45) is 0.680. The smallest absolute Gasteiger partial charge is 0.348 e. The maximum absolute atomic E-state index is 12.8. The van der Waals surface area contributed by atoms with Gasteiger partial charge in [-0.1, -0.05) is 41.9 Å². The number of esters is 3. The molecule has 0 fully saturated rings. The van der Waals surface area contributed by atoms with Crippen LogP contribution in [-0.2, 0) is 27.3 Å². The van der Waals surface area contributed by atoms with Crippen molar-refractivity contribution in [2.24, 2.45) is 0 Å². The van der Waals surface area contributed by atoms with Crippen LogP contribution in [0.3, 0.4) is 0 Å². The second-order valence-corrected chi connectivity index (χ2v) is 9.17. The molecule has 0 saturated carbocycles. The molecule has 184 valence electrons. The standard InChI is InChI=1S/C25H22ClNO6S.ClH/c1-15(28)32-20-10-6-4-8-18(20)24(29)33-22-13-16-14-27(12-11-21(16)34-22)23(25(30)31-2)17-7-3-5-9-19(17)26;/h3-10,13,23H,11-12,14H2,1-2H3;1H. The van der Waals surface area contributed by atoms with Crippen LogP contribution in [0, 0.1) is 0 Å². The molecular weight excluding hydrogens is 513 g/mol. The topological polar surface area (TPSA) is 82.1 Å². The zero-order valence-corrected chi connectivity index (χ0v) is 21.4. The maximum Gasteiger partial charge on any atom is 0.348 e. The number of halogens is 2. The third-order valence-electron chi connectivity index (χ3n) is 5.42. The Balaban J connectivity index is 0.00000342. The zero-order valence-electron chi connectivity index (χ0n) is 19.0. The minimum absolute atomic E-state index is 0. The van der Waals surface area contributed by atoms with Gasteiger partial charge in [-0.05, 0) is 41.8 Å². The van der Waals surface area contributed by atoms with Gasteiger partial charge in [-0.2, -0.15) is 0 Å². The predicted molar refractivity (Wildman–Crippen MR) is 135 cm³/mol.